The van der Waals surface area contributed by atoms with Crippen molar-refractivity contribution in [3.8, 4) is 0 Å². The highest BCUT2D eigenvalue weighted by atomic mass is 16.5. The van der Waals surface area contributed by atoms with E-state index < -0.39 is 0 Å². The van der Waals surface area contributed by atoms with E-state index in [0.29, 0.717) is 6.10 Å². The van der Waals surface area contributed by atoms with Gasteiger partial charge >= 0.3 is 0 Å². The van der Waals surface area contributed by atoms with E-state index in [4.69, 9.17) is 4.74 Å². The summed E-state index contributed by atoms with van der Waals surface area (Å²) in [6, 6.07) is 0. The minimum Gasteiger partial charge on any atom is -0.394 e. The maximum Gasteiger partial charge on any atom is 0.0702 e. The Labute approximate surface area is 118 Å². The molecule has 114 valence electrons. The second-order valence-electron chi connectivity index (χ2n) is 6.15. The van der Waals surface area contributed by atoms with Crippen LogP contribution in [0.1, 0.15) is 46.0 Å². The first-order valence-corrected chi connectivity index (χ1v) is 7.75. The highest BCUT2D eigenvalue weighted by molar-refractivity contribution is 4.82. The van der Waals surface area contributed by atoms with Crippen molar-refractivity contribution < 1.29 is 9.84 Å². The summed E-state index contributed by atoms with van der Waals surface area (Å²) < 4.78 is 5.65. The molecule has 2 atom stereocenters. The second-order valence-corrected chi connectivity index (χ2v) is 6.15. The third kappa shape index (κ3) is 6.70. The monoisotopic (exact) mass is 272 g/mol. The van der Waals surface area contributed by atoms with Gasteiger partial charge in [-0.3, -0.25) is 0 Å². The molecule has 1 heterocycles. The summed E-state index contributed by atoms with van der Waals surface area (Å²) >= 11 is 0. The molecule has 4 nitrogen and oxygen atoms in total. The molecule has 0 aliphatic carbocycles. The number of hydrogen-bond acceptors (Lipinski definition) is 4. The standard InChI is InChI=1S/C15H32N2O2/c1-4-9-16-15(2,13-18)8-6-10-17(3)12-14-7-5-11-19-14/h14,16,18H,4-13H2,1-3H3. The second kappa shape index (κ2) is 8.90. The summed E-state index contributed by atoms with van der Waals surface area (Å²) in [5.41, 5.74) is -0.124. The Morgan fingerprint density at radius 1 is 1.47 bits per heavy atom. The molecule has 0 aromatic carbocycles. The maximum absolute atomic E-state index is 9.51. The number of aliphatic hydroxyl groups is 1. The van der Waals surface area contributed by atoms with Gasteiger partial charge < -0.3 is 20.1 Å². The van der Waals surface area contributed by atoms with Crippen LogP contribution >= 0.6 is 0 Å². The molecule has 2 N–H and O–H groups in total. The van der Waals surface area contributed by atoms with Crippen LogP contribution < -0.4 is 5.32 Å². The first-order chi connectivity index (χ1) is 9.09. The summed E-state index contributed by atoms with van der Waals surface area (Å²) in [6.45, 7) is 8.50. The van der Waals surface area contributed by atoms with E-state index in [1.54, 1.807) is 0 Å². The minimum absolute atomic E-state index is 0.124. The zero-order valence-electron chi connectivity index (χ0n) is 13.0. The van der Waals surface area contributed by atoms with Crippen LogP contribution in [0.15, 0.2) is 0 Å². The molecule has 1 rings (SSSR count). The fraction of sp³-hybridized carbons (Fsp3) is 1.00. The number of nitrogens with zero attached hydrogens (tertiary/aromatic N) is 1. The Kier molecular flexibility index (Phi) is 7.91. The molecule has 1 saturated heterocycles. The molecule has 2 unspecified atom stereocenters. The Balaban J connectivity index is 2.15. The van der Waals surface area contributed by atoms with Crippen LogP contribution in [0.5, 0.6) is 0 Å². The highest BCUT2D eigenvalue weighted by Crippen LogP contribution is 2.15. The lowest BCUT2D eigenvalue weighted by atomic mass is 9.96. The summed E-state index contributed by atoms with van der Waals surface area (Å²) in [7, 11) is 2.16. The van der Waals surface area contributed by atoms with Gasteiger partial charge in [0.25, 0.3) is 0 Å². The smallest absolute Gasteiger partial charge is 0.0702 e. The van der Waals surface area contributed by atoms with E-state index in [1.165, 1.54) is 12.8 Å². The Morgan fingerprint density at radius 2 is 2.26 bits per heavy atom. The molecule has 4 heteroatoms. The zero-order chi connectivity index (χ0) is 14.1. The molecule has 0 aromatic rings. The lowest BCUT2D eigenvalue weighted by molar-refractivity contribution is 0.0791. The molecule has 1 aliphatic rings. The van der Waals surface area contributed by atoms with Crippen LogP contribution in [0.25, 0.3) is 0 Å². The van der Waals surface area contributed by atoms with Crippen molar-refractivity contribution in [2.75, 3.05) is 39.9 Å². The van der Waals surface area contributed by atoms with Crippen molar-refractivity contribution in [3.05, 3.63) is 0 Å². The molecule has 1 aliphatic heterocycles. The molecule has 0 radical (unpaired) electrons. The molecule has 0 amide bonds. The van der Waals surface area contributed by atoms with Crippen molar-refractivity contribution in [1.29, 1.82) is 0 Å². The lowest BCUT2D eigenvalue weighted by Crippen LogP contribution is -2.46. The highest BCUT2D eigenvalue weighted by Gasteiger charge is 2.22. The van der Waals surface area contributed by atoms with Gasteiger partial charge in [0.15, 0.2) is 0 Å². The van der Waals surface area contributed by atoms with Gasteiger partial charge in [0.1, 0.15) is 0 Å². The van der Waals surface area contributed by atoms with Crippen LogP contribution in [0.2, 0.25) is 0 Å². The Hall–Kier alpha value is -0.160. The number of ether oxygens (including phenoxy) is 1. The van der Waals surface area contributed by atoms with E-state index >= 15 is 0 Å². The molecule has 1 fully saturated rings. The van der Waals surface area contributed by atoms with Gasteiger partial charge in [-0.25, -0.2) is 0 Å². The van der Waals surface area contributed by atoms with Crippen LogP contribution in [-0.4, -0.2) is 61.5 Å². The number of likely N-dealkylation sites (N-methyl/N-ethyl adjacent to an activating group) is 1. The zero-order valence-corrected chi connectivity index (χ0v) is 13.0. The van der Waals surface area contributed by atoms with Gasteiger partial charge in [-0.1, -0.05) is 6.92 Å². The van der Waals surface area contributed by atoms with E-state index in [1.807, 2.05) is 0 Å². The first-order valence-electron chi connectivity index (χ1n) is 7.75. The van der Waals surface area contributed by atoms with Crippen molar-refractivity contribution in [2.24, 2.45) is 0 Å². The van der Waals surface area contributed by atoms with Gasteiger partial charge in [0, 0.05) is 18.7 Å². The van der Waals surface area contributed by atoms with Gasteiger partial charge in [0.2, 0.25) is 0 Å². The van der Waals surface area contributed by atoms with Crippen LogP contribution in [0.3, 0.4) is 0 Å². The van der Waals surface area contributed by atoms with Crippen molar-refractivity contribution in [1.82, 2.24) is 10.2 Å². The average Bonchev–Trinajstić information content (AvgIpc) is 2.89. The largest absolute Gasteiger partial charge is 0.394 e. The third-order valence-corrected chi connectivity index (χ3v) is 3.96. The SMILES string of the molecule is CCCNC(C)(CO)CCCN(C)CC1CCCO1. The summed E-state index contributed by atoms with van der Waals surface area (Å²) in [4.78, 5) is 2.35. The van der Waals surface area contributed by atoms with Crippen molar-refractivity contribution in [3.63, 3.8) is 0 Å². The first kappa shape index (κ1) is 16.9. The molecular formula is C15H32N2O2. The number of nitrogens with one attached hydrogen (secondary N) is 1. The number of rotatable bonds is 10. The maximum atomic E-state index is 9.51. The average molecular weight is 272 g/mol. The van der Waals surface area contributed by atoms with Gasteiger partial charge in [-0.05, 0) is 59.2 Å². The van der Waals surface area contributed by atoms with E-state index in [0.717, 1.165) is 45.5 Å². The quantitative estimate of drug-likeness (QED) is 0.634. The van der Waals surface area contributed by atoms with Crippen molar-refractivity contribution >= 4 is 0 Å². The summed E-state index contributed by atoms with van der Waals surface area (Å²) in [5, 5.41) is 13.0. The van der Waals surface area contributed by atoms with Gasteiger partial charge in [-0.15, -0.1) is 0 Å². The minimum atomic E-state index is -0.124. The van der Waals surface area contributed by atoms with Crippen LogP contribution in [0, 0.1) is 0 Å². The van der Waals surface area contributed by atoms with Gasteiger partial charge in [0.05, 0.1) is 12.7 Å². The van der Waals surface area contributed by atoms with Crippen molar-refractivity contribution in [2.45, 2.75) is 57.6 Å². The molecule has 19 heavy (non-hydrogen) atoms. The topological polar surface area (TPSA) is 44.7 Å². The van der Waals surface area contributed by atoms with Crippen LogP contribution in [-0.2, 0) is 4.74 Å². The molecule has 0 saturated carbocycles. The normalized spacial score (nSPS) is 22.9. The van der Waals surface area contributed by atoms with E-state index in [-0.39, 0.29) is 12.1 Å². The van der Waals surface area contributed by atoms with E-state index in [9.17, 15) is 5.11 Å². The van der Waals surface area contributed by atoms with E-state index in [2.05, 4.69) is 31.1 Å². The summed E-state index contributed by atoms with van der Waals surface area (Å²) in [5.74, 6) is 0. The predicted molar refractivity (Wildman–Crippen MR) is 79.5 cm³/mol. The van der Waals surface area contributed by atoms with Gasteiger partial charge in [-0.2, -0.15) is 0 Å². The number of aliphatic hydroxyl groups excluding tert-OH is 1. The Morgan fingerprint density at radius 3 is 2.84 bits per heavy atom. The molecular weight excluding hydrogens is 240 g/mol. The predicted octanol–water partition coefficient (Wildman–Crippen LogP) is 1.63. The molecule has 0 spiro atoms. The Bertz CT molecular complexity index is 232. The number of hydrogen-bond donors (Lipinski definition) is 2. The third-order valence-electron chi connectivity index (χ3n) is 3.96. The fourth-order valence-electron chi connectivity index (χ4n) is 2.62. The molecule has 0 aromatic heterocycles. The van der Waals surface area contributed by atoms with Crippen LogP contribution in [0.4, 0.5) is 0 Å². The fourth-order valence-corrected chi connectivity index (χ4v) is 2.62. The lowest BCUT2D eigenvalue weighted by Gasteiger charge is -2.30. The summed E-state index contributed by atoms with van der Waals surface area (Å²) in [6.07, 6.45) is 6.08. The molecule has 0 bridgehead atoms.